The second-order valence-corrected chi connectivity index (χ2v) is 3.75. The van der Waals surface area contributed by atoms with Crippen molar-refractivity contribution in [3.8, 4) is 0 Å². The summed E-state index contributed by atoms with van der Waals surface area (Å²) in [7, 11) is 0. The Morgan fingerprint density at radius 3 is 2.25 bits per heavy atom. The van der Waals surface area contributed by atoms with Gasteiger partial charge in [0, 0.05) is 5.38 Å². The molecule has 2 aliphatic rings. The zero-order valence-corrected chi connectivity index (χ0v) is 5.69. The molecule has 3 atom stereocenters. The molecule has 0 saturated heterocycles. The Kier molecular flexibility index (Phi) is 1.04. The van der Waals surface area contributed by atoms with Gasteiger partial charge in [-0.05, 0) is 31.1 Å². The van der Waals surface area contributed by atoms with E-state index in [1.807, 2.05) is 0 Å². The molecule has 2 aliphatic carbocycles. The maximum absolute atomic E-state index is 6.01. The van der Waals surface area contributed by atoms with Gasteiger partial charge in [-0.15, -0.1) is 11.6 Å². The lowest BCUT2D eigenvalue weighted by Crippen LogP contribution is -2.08. The van der Waals surface area contributed by atoms with Crippen molar-refractivity contribution in [1.82, 2.24) is 0 Å². The third kappa shape index (κ3) is 0.589. The summed E-state index contributed by atoms with van der Waals surface area (Å²) in [6.45, 7) is 0. The lowest BCUT2D eigenvalue weighted by molar-refractivity contribution is 0.487. The van der Waals surface area contributed by atoms with Crippen molar-refractivity contribution in [3.05, 3.63) is 0 Å². The highest BCUT2D eigenvalue weighted by molar-refractivity contribution is 6.21. The lowest BCUT2D eigenvalue weighted by atomic mass is 10.0. The quantitative estimate of drug-likeness (QED) is 0.442. The van der Waals surface area contributed by atoms with Gasteiger partial charge in [-0.2, -0.15) is 0 Å². The van der Waals surface area contributed by atoms with E-state index in [9.17, 15) is 0 Å². The van der Waals surface area contributed by atoms with Crippen LogP contribution in [0.3, 0.4) is 0 Å². The van der Waals surface area contributed by atoms with Gasteiger partial charge in [0.05, 0.1) is 0 Å². The summed E-state index contributed by atoms with van der Waals surface area (Å²) in [5, 5.41) is 0.550. The molecule has 8 heavy (non-hydrogen) atoms. The summed E-state index contributed by atoms with van der Waals surface area (Å²) in [4.78, 5) is 0. The molecule has 0 heterocycles. The zero-order valence-electron chi connectivity index (χ0n) is 4.94. The Hall–Kier alpha value is 0.290. The fourth-order valence-corrected chi connectivity index (χ4v) is 2.65. The van der Waals surface area contributed by atoms with Crippen molar-refractivity contribution >= 4 is 11.6 Å². The molecule has 0 N–H and O–H groups in total. The Morgan fingerprint density at radius 2 is 2.00 bits per heavy atom. The molecule has 0 spiro atoms. The first-order valence-electron chi connectivity index (χ1n) is 3.50. The first kappa shape index (κ1) is 5.10. The molecule has 0 aromatic carbocycles. The average Bonchev–Trinajstić information content (AvgIpc) is 2.23. The molecule has 0 unspecified atom stereocenters. The first-order chi connectivity index (χ1) is 3.86. The fraction of sp³-hybridized carbons (Fsp3) is 1.00. The molecule has 2 rings (SSSR count). The largest absolute Gasteiger partial charge is 0.123 e. The molecule has 0 radical (unpaired) electrons. The molecule has 0 aromatic rings. The highest BCUT2D eigenvalue weighted by atomic mass is 35.5. The van der Waals surface area contributed by atoms with E-state index in [1.165, 1.54) is 25.7 Å². The second kappa shape index (κ2) is 1.63. The van der Waals surface area contributed by atoms with Crippen LogP contribution in [0.25, 0.3) is 0 Å². The first-order valence-corrected chi connectivity index (χ1v) is 3.94. The van der Waals surface area contributed by atoms with Crippen molar-refractivity contribution in [2.45, 2.75) is 31.1 Å². The van der Waals surface area contributed by atoms with Gasteiger partial charge in [0.25, 0.3) is 0 Å². The van der Waals surface area contributed by atoms with Gasteiger partial charge in [0.1, 0.15) is 0 Å². The monoisotopic (exact) mass is 130 g/mol. The highest BCUT2D eigenvalue weighted by Crippen LogP contribution is 2.46. The van der Waals surface area contributed by atoms with Crippen LogP contribution in [0.5, 0.6) is 0 Å². The van der Waals surface area contributed by atoms with E-state index in [1.54, 1.807) is 0 Å². The van der Waals surface area contributed by atoms with Crippen LogP contribution >= 0.6 is 11.6 Å². The van der Waals surface area contributed by atoms with Crippen molar-refractivity contribution < 1.29 is 0 Å². The van der Waals surface area contributed by atoms with Crippen LogP contribution in [0.15, 0.2) is 0 Å². The molecule has 0 amide bonds. The molecule has 2 bridgehead atoms. The Balaban J connectivity index is 2.11. The summed E-state index contributed by atoms with van der Waals surface area (Å²) >= 11 is 6.01. The zero-order chi connectivity index (χ0) is 5.56. The molecule has 46 valence electrons. The standard InChI is InChI=1S/C7H11Cl/c8-7-4-5-1-2-6(7)3-5/h5-7H,1-4H2/t5-,6+,7+/m1/s1. The van der Waals surface area contributed by atoms with E-state index in [0.717, 1.165) is 11.8 Å². The van der Waals surface area contributed by atoms with Gasteiger partial charge >= 0.3 is 0 Å². The van der Waals surface area contributed by atoms with Crippen LogP contribution < -0.4 is 0 Å². The molecule has 2 fully saturated rings. The number of halogens is 1. The molecule has 0 aromatic heterocycles. The summed E-state index contributed by atoms with van der Waals surface area (Å²) in [6, 6.07) is 0. The van der Waals surface area contributed by atoms with Gasteiger partial charge < -0.3 is 0 Å². The van der Waals surface area contributed by atoms with Gasteiger partial charge in [0.15, 0.2) is 0 Å². The molecule has 0 nitrogen and oxygen atoms in total. The molecule has 1 heteroatoms. The van der Waals surface area contributed by atoms with Crippen LogP contribution in [0.4, 0.5) is 0 Å². The third-order valence-electron chi connectivity index (χ3n) is 2.65. The molecular weight excluding hydrogens is 120 g/mol. The minimum atomic E-state index is 0.550. The number of alkyl halides is 1. The van der Waals surface area contributed by atoms with E-state index in [4.69, 9.17) is 11.6 Å². The molecule has 0 aliphatic heterocycles. The van der Waals surface area contributed by atoms with E-state index < -0.39 is 0 Å². The number of rotatable bonds is 0. The van der Waals surface area contributed by atoms with Crippen LogP contribution in [0.1, 0.15) is 25.7 Å². The van der Waals surface area contributed by atoms with Crippen LogP contribution in [0, 0.1) is 11.8 Å². The van der Waals surface area contributed by atoms with Crippen LogP contribution in [-0.2, 0) is 0 Å². The minimum absolute atomic E-state index is 0.550. The Morgan fingerprint density at radius 1 is 1.12 bits per heavy atom. The summed E-state index contributed by atoms with van der Waals surface area (Å²) in [5.41, 5.74) is 0. The summed E-state index contributed by atoms with van der Waals surface area (Å²) in [6.07, 6.45) is 5.63. The van der Waals surface area contributed by atoms with Crippen LogP contribution in [-0.4, -0.2) is 5.38 Å². The fourth-order valence-electron chi connectivity index (χ4n) is 2.17. The van der Waals surface area contributed by atoms with Crippen LogP contribution in [0.2, 0.25) is 0 Å². The van der Waals surface area contributed by atoms with Gasteiger partial charge in [-0.25, -0.2) is 0 Å². The van der Waals surface area contributed by atoms with Gasteiger partial charge in [-0.1, -0.05) is 6.42 Å². The average molecular weight is 131 g/mol. The van der Waals surface area contributed by atoms with E-state index in [0.29, 0.717) is 5.38 Å². The Labute approximate surface area is 55.2 Å². The topological polar surface area (TPSA) is 0 Å². The van der Waals surface area contributed by atoms with E-state index in [-0.39, 0.29) is 0 Å². The van der Waals surface area contributed by atoms with Crippen molar-refractivity contribution in [2.24, 2.45) is 11.8 Å². The molecule has 2 saturated carbocycles. The van der Waals surface area contributed by atoms with Crippen molar-refractivity contribution in [2.75, 3.05) is 0 Å². The van der Waals surface area contributed by atoms with Crippen molar-refractivity contribution in [3.63, 3.8) is 0 Å². The SMILES string of the molecule is Cl[C@H]1C[C@@H]2CC[C@H]1C2. The van der Waals surface area contributed by atoms with Gasteiger partial charge in [0.2, 0.25) is 0 Å². The Bertz CT molecular complexity index is 98.6. The minimum Gasteiger partial charge on any atom is -0.123 e. The van der Waals surface area contributed by atoms with Gasteiger partial charge in [-0.3, -0.25) is 0 Å². The normalized spacial score (nSPS) is 52.9. The maximum atomic E-state index is 6.01. The second-order valence-electron chi connectivity index (χ2n) is 3.19. The predicted molar refractivity (Wildman–Crippen MR) is 35.1 cm³/mol. The third-order valence-corrected chi connectivity index (χ3v) is 3.19. The predicted octanol–water partition coefficient (Wildman–Crippen LogP) is 2.41. The lowest BCUT2D eigenvalue weighted by Gasteiger charge is -2.13. The number of hydrogen-bond donors (Lipinski definition) is 0. The number of fused-ring (bicyclic) bond motifs is 2. The maximum Gasteiger partial charge on any atom is 0.0367 e. The number of hydrogen-bond acceptors (Lipinski definition) is 0. The highest BCUT2D eigenvalue weighted by Gasteiger charge is 2.38. The smallest absolute Gasteiger partial charge is 0.0367 e. The van der Waals surface area contributed by atoms with E-state index in [2.05, 4.69) is 0 Å². The van der Waals surface area contributed by atoms with E-state index >= 15 is 0 Å². The molecular formula is C7H11Cl. The summed E-state index contributed by atoms with van der Waals surface area (Å²) < 4.78 is 0. The van der Waals surface area contributed by atoms with Crippen molar-refractivity contribution in [1.29, 1.82) is 0 Å². The summed E-state index contributed by atoms with van der Waals surface area (Å²) in [5.74, 6) is 1.92.